The Morgan fingerprint density at radius 2 is 2.29 bits per heavy atom. The van der Waals surface area contributed by atoms with Gasteiger partial charge in [-0.05, 0) is 18.6 Å². The fourth-order valence-corrected chi connectivity index (χ4v) is 1.18. The lowest BCUT2D eigenvalue weighted by molar-refractivity contribution is 0.624. The fraction of sp³-hybridized carbons (Fsp3) is 0.364. The van der Waals surface area contributed by atoms with Crippen LogP contribution in [-0.4, -0.2) is 6.54 Å². The summed E-state index contributed by atoms with van der Waals surface area (Å²) in [5.74, 6) is -0.464. The molecule has 14 heavy (non-hydrogen) atoms. The highest BCUT2D eigenvalue weighted by molar-refractivity contribution is 5.57. The van der Waals surface area contributed by atoms with Gasteiger partial charge in [0.05, 0.1) is 5.69 Å². The first-order chi connectivity index (χ1) is 6.79. The summed E-state index contributed by atoms with van der Waals surface area (Å²) in [6, 6.07) is 6.47. The van der Waals surface area contributed by atoms with E-state index in [4.69, 9.17) is 5.26 Å². The molecule has 0 aliphatic rings. The number of nitrogens with zero attached hydrogens (tertiary/aromatic N) is 1. The smallest absolute Gasteiger partial charge is 0.143 e. The predicted molar refractivity (Wildman–Crippen MR) is 54.5 cm³/mol. The van der Waals surface area contributed by atoms with E-state index in [9.17, 15) is 4.39 Å². The molecule has 0 heterocycles. The average molecular weight is 192 g/mol. The van der Waals surface area contributed by atoms with Crippen molar-refractivity contribution < 1.29 is 4.39 Å². The molecule has 0 atom stereocenters. The van der Waals surface area contributed by atoms with Crippen molar-refractivity contribution in [1.82, 2.24) is 0 Å². The Bertz CT molecular complexity index is 342. The van der Waals surface area contributed by atoms with Gasteiger partial charge in [0.15, 0.2) is 0 Å². The highest BCUT2D eigenvalue weighted by Crippen LogP contribution is 2.17. The van der Waals surface area contributed by atoms with Crippen LogP contribution in [0.2, 0.25) is 0 Å². The Kier molecular flexibility index (Phi) is 3.93. The SMILES string of the molecule is CCCCNc1cccc(F)c1C#N. The zero-order chi connectivity index (χ0) is 10.4. The van der Waals surface area contributed by atoms with Gasteiger partial charge in [-0.2, -0.15) is 5.26 Å². The molecule has 1 aromatic carbocycles. The summed E-state index contributed by atoms with van der Waals surface area (Å²) in [6.07, 6.45) is 2.09. The molecule has 0 unspecified atom stereocenters. The van der Waals surface area contributed by atoms with Gasteiger partial charge in [-0.15, -0.1) is 0 Å². The van der Waals surface area contributed by atoms with Gasteiger partial charge in [-0.3, -0.25) is 0 Å². The topological polar surface area (TPSA) is 35.8 Å². The summed E-state index contributed by atoms with van der Waals surface area (Å²) in [6.45, 7) is 2.85. The van der Waals surface area contributed by atoms with Crippen LogP contribution in [0.15, 0.2) is 18.2 Å². The zero-order valence-electron chi connectivity index (χ0n) is 8.18. The third-order valence-corrected chi connectivity index (χ3v) is 1.97. The van der Waals surface area contributed by atoms with Crippen LogP contribution in [0.5, 0.6) is 0 Å². The number of nitrogens with one attached hydrogen (secondary N) is 1. The molecule has 0 aliphatic heterocycles. The number of halogens is 1. The van der Waals surface area contributed by atoms with E-state index in [-0.39, 0.29) is 5.56 Å². The van der Waals surface area contributed by atoms with Crippen molar-refractivity contribution in [3.05, 3.63) is 29.6 Å². The van der Waals surface area contributed by atoms with Crippen LogP contribution >= 0.6 is 0 Å². The number of benzene rings is 1. The molecule has 0 fully saturated rings. The van der Waals surface area contributed by atoms with E-state index in [2.05, 4.69) is 12.2 Å². The minimum absolute atomic E-state index is 0.101. The van der Waals surface area contributed by atoms with E-state index < -0.39 is 5.82 Å². The summed E-state index contributed by atoms with van der Waals surface area (Å²) in [7, 11) is 0. The Hall–Kier alpha value is -1.56. The van der Waals surface area contributed by atoms with Crippen LogP contribution in [0.1, 0.15) is 25.3 Å². The van der Waals surface area contributed by atoms with Crippen LogP contribution in [0.4, 0.5) is 10.1 Å². The van der Waals surface area contributed by atoms with Crippen LogP contribution in [0, 0.1) is 17.1 Å². The number of nitriles is 1. The summed E-state index contributed by atoms with van der Waals surface area (Å²) >= 11 is 0. The monoisotopic (exact) mass is 192 g/mol. The van der Waals surface area contributed by atoms with Gasteiger partial charge >= 0.3 is 0 Å². The molecule has 0 bridgehead atoms. The van der Waals surface area contributed by atoms with Crippen molar-refractivity contribution in [2.45, 2.75) is 19.8 Å². The van der Waals surface area contributed by atoms with E-state index in [1.165, 1.54) is 6.07 Å². The van der Waals surface area contributed by atoms with Crippen molar-refractivity contribution >= 4 is 5.69 Å². The molecular weight excluding hydrogens is 179 g/mol. The third-order valence-electron chi connectivity index (χ3n) is 1.97. The molecular formula is C11H13FN2. The molecule has 1 rings (SSSR count). The molecule has 0 aliphatic carbocycles. The van der Waals surface area contributed by atoms with Crippen LogP contribution in [-0.2, 0) is 0 Å². The molecule has 3 heteroatoms. The molecule has 74 valence electrons. The molecule has 0 spiro atoms. The van der Waals surface area contributed by atoms with Gasteiger partial charge < -0.3 is 5.32 Å². The van der Waals surface area contributed by atoms with Crippen molar-refractivity contribution in [3.8, 4) is 6.07 Å². The highest BCUT2D eigenvalue weighted by Gasteiger charge is 2.05. The summed E-state index contributed by atoms with van der Waals surface area (Å²) in [5.41, 5.74) is 0.685. The molecule has 2 nitrogen and oxygen atoms in total. The van der Waals surface area contributed by atoms with Crippen molar-refractivity contribution in [2.75, 3.05) is 11.9 Å². The lowest BCUT2D eigenvalue weighted by atomic mass is 10.2. The van der Waals surface area contributed by atoms with Gasteiger partial charge in [0.2, 0.25) is 0 Å². The van der Waals surface area contributed by atoms with Crippen molar-refractivity contribution in [3.63, 3.8) is 0 Å². The van der Waals surface area contributed by atoms with E-state index in [0.717, 1.165) is 19.4 Å². The van der Waals surface area contributed by atoms with E-state index >= 15 is 0 Å². The Balaban J connectivity index is 2.76. The zero-order valence-corrected chi connectivity index (χ0v) is 8.18. The minimum Gasteiger partial charge on any atom is -0.384 e. The Morgan fingerprint density at radius 3 is 2.93 bits per heavy atom. The lowest BCUT2D eigenvalue weighted by Gasteiger charge is -2.07. The van der Waals surface area contributed by atoms with Gasteiger partial charge in [-0.1, -0.05) is 19.4 Å². The highest BCUT2D eigenvalue weighted by atomic mass is 19.1. The second-order valence-electron chi connectivity index (χ2n) is 3.05. The Morgan fingerprint density at radius 1 is 1.50 bits per heavy atom. The first kappa shape index (κ1) is 10.5. The van der Waals surface area contributed by atoms with Crippen molar-refractivity contribution in [2.24, 2.45) is 0 Å². The summed E-state index contributed by atoms with van der Waals surface area (Å²) < 4.78 is 13.1. The molecule has 0 radical (unpaired) electrons. The van der Waals surface area contributed by atoms with Crippen LogP contribution in [0.25, 0.3) is 0 Å². The van der Waals surface area contributed by atoms with Gasteiger partial charge in [-0.25, -0.2) is 4.39 Å². The first-order valence-electron chi connectivity index (χ1n) is 4.72. The van der Waals surface area contributed by atoms with E-state index in [0.29, 0.717) is 5.69 Å². The maximum absolute atomic E-state index is 13.1. The van der Waals surface area contributed by atoms with E-state index in [1.54, 1.807) is 12.1 Å². The Labute approximate surface area is 83.4 Å². The van der Waals surface area contributed by atoms with Crippen molar-refractivity contribution in [1.29, 1.82) is 5.26 Å². The molecule has 0 saturated carbocycles. The fourth-order valence-electron chi connectivity index (χ4n) is 1.18. The summed E-state index contributed by atoms with van der Waals surface area (Å²) in [5, 5.41) is 11.8. The second kappa shape index (κ2) is 5.23. The maximum atomic E-state index is 13.1. The van der Waals surface area contributed by atoms with E-state index in [1.807, 2.05) is 6.07 Å². The third kappa shape index (κ3) is 2.46. The van der Waals surface area contributed by atoms with Crippen LogP contribution < -0.4 is 5.32 Å². The summed E-state index contributed by atoms with van der Waals surface area (Å²) in [4.78, 5) is 0. The molecule has 1 N–H and O–H groups in total. The number of hydrogen-bond donors (Lipinski definition) is 1. The normalized spacial score (nSPS) is 9.50. The number of rotatable bonds is 4. The number of unbranched alkanes of at least 4 members (excludes halogenated alkanes) is 1. The lowest BCUT2D eigenvalue weighted by Crippen LogP contribution is -2.03. The minimum atomic E-state index is -0.464. The van der Waals surface area contributed by atoms with Gasteiger partial charge in [0.1, 0.15) is 17.4 Å². The van der Waals surface area contributed by atoms with Gasteiger partial charge in [0.25, 0.3) is 0 Å². The largest absolute Gasteiger partial charge is 0.384 e. The molecule has 0 aromatic heterocycles. The predicted octanol–water partition coefficient (Wildman–Crippen LogP) is 2.91. The van der Waals surface area contributed by atoms with Crippen LogP contribution in [0.3, 0.4) is 0 Å². The maximum Gasteiger partial charge on any atom is 0.143 e. The quantitative estimate of drug-likeness (QED) is 0.744. The second-order valence-corrected chi connectivity index (χ2v) is 3.05. The average Bonchev–Trinajstić information content (AvgIpc) is 2.18. The molecule has 1 aromatic rings. The number of anilines is 1. The first-order valence-corrected chi connectivity index (χ1v) is 4.72. The standard InChI is InChI=1S/C11H13FN2/c1-2-3-7-14-11-6-4-5-10(12)9(11)8-13/h4-6,14H,2-3,7H2,1H3. The molecule has 0 saturated heterocycles. The molecule has 0 amide bonds. The van der Waals surface area contributed by atoms with Gasteiger partial charge in [0, 0.05) is 6.54 Å². The number of hydrogen-bond acceptors (Lipinski definition) is 2.